The fourth-order valence-corrected chi connectivity index (χ4v) is 4.09. The molecule has 0 aliphatic heterocycles. The molecule has 1 aromatic heterocycles. The van der Waals surface area contributed by atoms with Crippen LogP contribution in [-0.2, 0) is 16.6 Å². The highest BCUT2D eigenvalue weighted by molar-refractivity contribution is 7.92. The fourth-order valence-electron chi connectivity index (χ4n) is 2.54. The van der Waals surface area contributed by atoms with Crippen molar-refractivity contribution >= 4 is 27.4 Å². The van der Waals surface area contributed by atoms with Crippen LogP contribution in [0.3, 0.4) is 0 Å². The summed E-state index contributed by atoms with van der Waals surface area (Å²) in [5.74, 6) is -0.288. The average Bonchev–Trinajstić information content (AvgIpc) is 2.99. The predicted octanol–water partition coefficient (Wildman–Crippen LogP) is 4.14. The minimum atomic E-state index is -3.77. The van der Waals surface area contributed by atoms with E-state index < -0.39 is 15.8 Å². The molecule has 26 heavy (non-hydrogen) atoms. The van der Waals surface area contributed by atoms with E-state index in [0.29, 0.717) is 11.1 Å². The van der Waals surface area contributed by atoms with E-state index in [1.54, 1.807) is 31.3 Å². The molecule has 3 rings (SSSR count). The lowest BCUT2D eigenvalue weighted by atomic mass is 10.2. The number of aromatic nitrogens is 2. The molecular weight excluding hydrogens is 377 g/mol. The molecular formula is C18H17ClFN3O2S. The Balaban J connectivity index is 1.83. The van der Waals surface area contributed by atoms with Gasteiger partial charge in [-0.15, -0.1) is 0 Å². The largest absolute Gasteiger partial charge is 0.266 e. The summed E-state index contributed by atoms with van der Waals surface area (Å²) in [5, 5.41) is 4.44. The van der Waals surface area contributed by atoms with Gasteiger partial charge < -0.3 is 0 Å². The maximum absolute atomic E-state index is 13.9. The number of halogens is 2. The van der Waals surface area contributed by atoms with Crippen LogP contribution in [0.15, 0.2) is 53.6 Å². The van der Waals surface area contributed by atoms with E-state index in [2.05, 4.69) is 9.82 Å². The van der Waals surface area contributed by atoms with Gasteiger partial charge in [0.05, 0.1) is 11.4 Å². The fraction of sp³-hybridized carbons (Fsp3) is 0.167. The van der Waals surface area contributed by atoms with Crippen LogP contribution in [0.25, 0.3) is 0 Å². The van der Waals surface area contributed by atoms with E-state index in [1.165, 1.54) is 22.9 Å². The Bertz CT molecular complexity index is 1040. The maximum Gasteiger partial charge on any atom is 0.263 e. The van der Waals surface area contributed by atoms with Crippen molar-refractivity contribution in [1.82, 2.24) is 9.78 Å². The maximum atomic E-state index is 13.9. The molecule has 0 spiro atoms. The Hall–Kier alpha value is -2.38. The molecule has 0 aliphatic carbocycles. The van der Waals surface area contributed by atoms with Crippen molar-refractivity contribution in [2.75, 3.05) is 4.72 Å². The van der Waals surface area contributed by atoms with Gasteiger partial charge >= 0.3 is 0 Å². The van der Waals surface area contributed by atoms with Crippen LogP contribution in [0.5, 0.6) is 0 Å². The quantitative estimate of drug-likeness (QED) is 0.708. The summed E-state index contributed by atoms with van der Waals surface area (Å²) in [6.45, 7) is 3.65. The van der Waals surface area contributed by atoms with E-state index in [4.69, 9.17) is 11.6 Å². The highest BCUT2D eigenvalue weighted by atomic mass is 35.5. The van der Waals surface area contributed by atoms with Gasteiger partial charge in [0, 0.05) is 22.8 Å². The number of sulfonamides is 1. The van der Waals surface area contributed by atoms with Gasteiger partial charge in [-0.1, -0.05) is 29.8 Å². The number of anilines is 1. The molecule has 1 N–H and O–H groups in total. The number of nitrogens with one attached hydrogen (secondary N) is 1. The molecule has 1 heterocycles. The molecule has 0 aliphatic rings. The summed E-state index contributed by atoms with van der Waals surface area (Å²) >= 11 is 6.01. The zero-order valence-electron chi connectivity index (χ0n) is 14.2. The van der Waals surface area contributed by atoms with Crippen LogP contribution in [-0.4, -0.2) is 18.2 Å². The molecule has 136 valence electrons. The van der Waals surface area contributed by atoms with E-state index in [0.717, 1.165) is 5.56 Å². The third-order valence-corrected chi connectivity index (χ3v) is 5.75. The lowest BCUT2D eigenvalue weighted by Crippen LogP contribution is -2.15. The van der Waals surface area contributed by atoms with Gasteiger partial charge in [0.15, 0.2) is 5.82 Å². The molecule has 0 saturated heterocycles. The lowest BCUT2D eigenvalue weighted by molar-refractivity contribution is 0.585. The van der Waals surface area contributed by atoms with Crippen LogP contribution in [0.1, 0.15) is 16.7 Å². The van der Waals surface area contributed by atoms with E-state index >= 15 is 0 Å². The number of rotatable bonds is 5. The number of hydrogen-bond acceptors (Lipinski definition) is 3. The van der Waals surface area contributed by atoms with Crippen LogP contribution in [0, 0.1) is 19.7 Å². The molecule has 8 heteroatoms. The lowest BCUT2D eigenvalue weighted by Gasteiger charge is -2.09. The Morgan fingerprint density at radius 1 is 1.19 bits per heavy atom. The first-order chi connectivity index (χ1) is 12.3. The summed E-state index contributed by atoms with van der Waals surface area (Å²) in [5.41, 5.74) is 1.78. The molecule has 0 saturated carbocycles. The normalized spacial score (nSPS) is 11.5. The second kappa shape index (κ2) is 7.09. The Kier molecular flexibility index (Phi) is 5.02. The Morgan fingerprint density at radius 2 is 1.96 bits per heavy atom. The molecule has 3 aromatic rings. The van der Waals surface area contributed by atoms with Gasteiger partial charge in [-0.05, 0) is 43.2 Å². The minimum Gasteiger partial charge on any atom is -0.266 e. The second-order valence-electron chi connectivity index (χ2n) is 5.97. The minimum absolute atomic E-state index is 0.0940. The molecule has 0 unspecified atom stereocenters. The first-order valence-electron chi connectivity index (χ1n) is 7.83. The summed E-state index contributed by atoms with van der Waals surface area (Å²) in [6.07, 6.45) is 1.56. The van der Waals surface area contributed by atoms with Gasteiger partial charge in [-0.2, -0.15) is 5.10 Å². The number of benzene rings is 2. The first-order valence-corrected chi connectivity index (χ1v) is 9.69. The molecule has 0 atom stereocenters. The highest BCUT2D eigenvalue weighted by Crippen LogP contribution is 2.22. The van der Waals surface area contributed by atoms with Gasteiger partial charge in [-0.3, -0.25) is 9.40 Å². The van der Waals surface area contributed by atoms with Crippen molar-refractivity contribution in [3.05, 3.63) is 76.2 Å². The van der Waals surface area contributed by atoms with Gasteiger partial charge in [-0.25, -0.2) is 12.8 Å². The van der Waals surface area contributed by atoms with Crippen molar-refractivity contribution < 1.29 is 12.8 Å². The summed E-state index contributed by atoms with van der Waals surface area (Å²) in [7, 11) is -3.77. The van der Waals surface area contributed by atoms with Gasteiger partial charge in [0.1, 0.15) is 5.82 Å². The van der Waals surface area contributed by atoms with Crippen molar-refractivity contribution in [2.24, 2.45) is 0 Å². The third kappa shape index (κ3) is 3.89. The SMILES string of the molecule is Cc1ccc(C)c(S(=O)(=O)Nc2ccn(Cc3c(F)cccc3Cl)n2)c1. The molecule has 0 fully saturated rings. The Labute approximate surface area is 156 Å². The van der Waals surface area contributed by atoms with Crippen molar-refractivity contribution in [2.45, 2.75) is 25.3 Å². The van der Waals surface area contributed by atoms with E-state index in [-0.39, 0.29) is 22.3 Å². The van der Waals surface area contributed by atoms with E-state index in [9.17, 15) is 12.8 Å². The van der Waals surface area contributed by atoms with Crippen LogP contribution in [0.4, 0.5) is 10.2 Å². The Morgan fingerprint density at radius 3 is 2.69 bits per heavy atom. The summed E-state index contributed by atoms with van der Waals surface area (Å²) in [4.78, 5) is 0.198. The third-order valence-electron chi connectivity index (χ3n) is 3.89. The average molecular weight is 394 g/mol. The smallest absolute Gasteiger partial charge is 0.263 e. The van der Waals surface area contributed by atoms with E-state index in [1.807, 2.05) is 13.0 Å². The van der Waals surface area contributed by atoms with Gasteiger partial charge in [0.25, 0.3) is 10.0 Å². The molecule has 5 nitrogen and oxygen atoms in total. The number of aryl methyl sites for hydroxylation is 2. The standard InChI is InChI=1S/C18H17ClFN3O2S/c1-12-6-7-13(2)17(10-12)26(24,25)22-18-8-9-23(21-18)11-14-15(19)4-3-5-16(14)20/h3-10H,11H2,1-2H3,(H,21,22). The molecule has 0 radical (unpaired) electrons. The summed E-state index contributed by atoms with van der Waals surface area (Å²) in [6, 6.07) is 11.1. The second-order valence-corrected chi connectivity index (χ2v) is 8.03. The highest BCUT2D eigenvalue weighted by Gasteiger charge is 2.18. The number of hydrogen-bond donors (Lipinski definition) is 1. The van der Waals surface area contributed by atoms with Crippen LogP contribution in [0.2, 0.25) is 5.02 Å². The zero-order chi connectivity index (χ0) is 18.9. The monoisotopic (exact) mass is 393 g/mol. The topological polar surface area (TPSA) is 64.0 Å². The number of nitrogens with zero attached hydrogens (tertiary/aromatic N) is 2. The van der Waals surface area contributed by atoms with Crippen molar-refractivity contribution in [3.8, 4) is 0 Å². The molecule has 2 aromatic carbocycles. The van der Waals surface area contributed by atoms with Crippen molar-refractivity contribution in [1.29, 1.82) is 0 Å². The summed E-state index contributed by atoms with van der Waals surface area (Å²) < 4.78 is 43.0. The van der Waals surface area contributed by atoms with Gasteiger partial charge in [0.2, 0.25) is 0 Å². The predicted molar refractivity (Wildman–Crippen MR) is 99.5 cm³/mol. The molecule has 0 amide bonds. The molecule has 0 bridgehead atoms. The van der Waals surface area contributed by atoms with Crippen molar-refractivity contribution in [3.63, 3.8) is 0 Å². The van der Waals surface area contributed by atoms with Crippen LogP contribution < -0.4 is 4.72 Å². The van der Waals surface area contributed by atoms with Crippen LogP contribution >= 0.6 is 11.6 Å². The first kappa shape index (κ1) is 18.4. The zero-order valence-corrected chi connectivity index (χ0v) is 15.8.